The lowest BCUT2D eigenvalue weighted by molar-refractivity contribution is 0.146. The van der Waals surface area contributed by atoms with E-state index in [2.05, 4.69) is 59.9 Å². The lowest BCUT2D eigenvalue weighted by Crippen LogP contribution is -2.45. The molecule has 0 aliphatic carbocycles. The summed E-state index contributed by atoms with van der Waals surface area (Å²) in [6.07, 6.45) is 2.98. The number of aromatic amines is 1. The van der Waals surface area contributed by atoms with E-state index in [4.69, 9.17) is 4.98 Å². The van der Waals surface area contributed by atoms with E-state index in [-0.39, 0.29) is 0 Å². The molecule has 3 aromatic rings. The van der Waals surface area contributed by atoms with Crippen LogP contribution in [-0.4, -0.2) is 33.3 Å². The van der Waals surface area contributed by atoms with Crippen LogP contribution in [0.5, 0.6) is 0 Å². The van der Waals surface area contributed by atoms with Crippen molar-refractivity contribution >= 4 is 16.9 Å². The molecule has 5 heteroatoms. The third-order valence-corrected chi connectivity index (χ3v) is 5.71. The van der Waals surface area contributed by atoms with Gasteiger partial charge in [-0.25, -0.2) is 9.97 Å². The number of aromatic nitrogens is 4. The van der Waals surface area contributed by atoms with Gasteiger partial charge in [0.15, 0.2) is 5.65 Å². The minimum absolute atomic E-state index is 0.306. The maximum Gasteiger partial charge on any atom is 0.181 e. The molecule has 1 fully saturated rings. The van der Waals surface area contributed by atoms with Gasteiger partial charge in [0.05, 0.1) is 11.4 Å². The quantitative estimate of drug-likeness (QED) is 0.738. The SMILES string of the molecule is CC1CCN(c2cccc(-c3[nH]nc4ncccc34)n2)CC1C(C)(C)C. The number of piperidine rings is 1. The fraction of sp³-hybridized carbons (Fsp3) is 0.476. The number of nitrogens with one attached hydrogen (secondary N) is 1. The second-order valence-corrected chi connectivity index (χ2v) is 8.54. The van der Waals surface area contributed by atoms with Crippen molar-refractivity contribution in [2.75, 3.05) is 18.0 Å². The van der Waals surface area contributed by atoms with E-state index in [1.807, 2.05) is 18.2 Å². The zero-order valence-electron chi connectivity index (χ0n) is 16.0. The highest BCUT2D eigenvalue weighted by Crippen LogP contribution is 2.38. The summed E-state index contributed by atoms with van der Waals surface area (Å²) in [4.78, 5) is 11.7. The summed E-state index contributed by atoms with van der Waals surface area (Å²) in [6.45, 7) is 11.6. The van der Waals surface area contributed by atoms with Crippen LogP contribution in [0.25, 0.3) is 22.4 Å². The van der Waals surface area contributed by atoms with Crippen molar-refractivity contribution in [1.29, 1.82) is 0 Å². The Balaban J connectivity index is 1.66. The predicted octanol–water partition coefficient (Wildman–Crippen LogP) is 4.53. The van der Waals surface area contributed by atoms with Crippen molar-refractivity contribution in [3.05, 3.63) is 36.5 Å². The van der Waals surface area contributed by atoms with Crippen LogP contribution in [0.3, 0.4) is 0 Å². The highest BCUT2D eigenvalue weighted by atomic mass is 15.2. The van der Waals surface area contributed by atoms with E-state index >= 15 is 0 Å². The maximum absolute atomic E-state index is 4.96. The van der Waals surface area contributed by atoms with Crippen molar-refractivity contribution in [2.24, 2.45) is 17.3 Å². The number of H-pyrrole nitrogens is 1. The van der Waals surface area contributed by atoms with Gasteiger partial charge < -0.3 is 4.90 Å². The van der Waals surface area contributed by atoms with Gasteiger partial charge >= 0.3 is 0 Å². The molecule has 5 nitrogen and oxygen atoms in total. The molecular formula is C21H27N5. The van der Waals surface area contributed by atoms with E-state index in [1.54, 1.807) is 6.20 Å². The molecule has 1 aliphatic heterocycles. The Labute approximate surface area is 154 Å². The molecule has 26 heavy (non-hydrogen) atoms. The summed E-state index contributed by atoms with van der Waals surface area (Å²) in [7, 11) is 0. The largest absolute Gasteiger partial charge is 0.356 e. The van der Waals surface area contributed by atoms with Gasteiger partial charge in [0, 0.05) is 24.7 Å². The van der Waals surface area contributed by atoms with E-state index in [9.17, 15) is 0 Å². The maximum atomic E-state index is 4.96. The molecule has 0 amide bonds. The lowest BCUT2D eigenvalue weighted by Gasteiger charge is -2.44. The standard InChI is InChI=1S/C21H27N5/c1-14-10-12-26(13-16(14)21(2,3)4)18-9-5-8-17(23-18)19-15-7-6-11-22-20(15)25-24-19/h5-9,11,14,16H,10,12-13H2,1-4H3,(H,22,24,25). The first-order chi connectivity index (χ1) is 12.4. The molecule has 136 valence electrons. The van der Waals surface area contributed by atoms with Crippen molar-refractivity contribution < 1.29 is 0 Å². The Hall–Kier alpha value is -2.43. The van der Waals surface area contributed by atoms with Crippen LogP contribution in [0.4, 0.5) is 5.82 Å². The zero-order chi connectivity index (χ0) is 18.3. The Morgan fingerprint density at radius 3 is 2.81 bits per heavy atom. The summed E-state index contributed by atoms with van der Waals surface area (Å²) in [6, 6.07) is 10.2. The van der Waals surface area contributed by atoms with Crippen molar-refractivity contribution in [1.82, 2.24) is 20.2 Å². The second kappa shape index (κ2) is 6.38. The molecule has 1 saturated heterocycles. The Kier molecular flexibility index (Phi) is 4.17. The Morgan fingerprint density at radius 2 is 2.00 bits per heavy atom. The summed E-state index contributed by atoms with van der Waals surface area (Å²) in [5, 5.41) is 8.42. The van der Waals surface area contributed by atoms with Crippen LogP contribution in [0.1, 0.15) is 34.1 Å². The normalized spacial score (nSPS) is 21.3. The van der Waals surface area contributed by atoms with Gasteiger partial charge in [-0.2, -0.15) is 5.10 Å². The van der Waals surface area contributed by atoms with Crippen LogP contribution in [0, 0.1) is 17.3 Å². The predicted molar refractivity (Wildman–Crippen MR) is 106 cm³/mol. The van der Waals surface area contributed by atoms with E-state index in [0.717, 1.165) is 47.2 Å². The Bertz CT molecular complexity index is 908. The van der Waals surface area contributed by atoms with Crippen molar-refractivity contribution in [3.63, 3.8) is 0 Å². The number of rotatable bonds is 2. The summed E-state index contributed by atoms with van der Waals surface area (Å²) < 4.78 is 0. The molecule has 3 aromatic heterocycles. The fourth-order valence-electron chi connectivity index (χ4n) is 4.19. The molecule has 0 spiro atoms. The van der Waals surface area contributed by atoms with Crippen LogP contribution < -0.4 is 4.90 Å². The van der Waals surface area contributed by atoms with Crippen LogP contribution in [0.2, 0.25) is 0 Å². The van der Waals surface area contributed by atoms with Gasteiger partial charge in [0.2, 0.25) is 0 Å². The number of hydrogen-bond donors (Lipinski definition) is 1. The number of pyridine rings is 2. The highest BCUT2D eigenvalue weighted by Gasteiger charge is 2.35. The molecule has 2 atom stereocenters. The van der Waals surface area contributed by atoms with E-state index < -0.39 is 0 Å². The molecule has 1 N–H and O–H groups in total. The first-order valence-electron chi connectivity index (χ1n) is 9.45. The van der Waals surface area contributed by atoms with Gasteiger partial charge in [-0.05, 0) is 47.9 Å². The topological polar surface area (TPSA) is 57.7 Å². The first kappa shape index (κ1) is 17.0. The average molecular weight is 349 g/mol. The van der Waals surface area contributed by atoms with Gasteiger partial charge in [0.25, 0.3) is 0 Å². The monoisotopic (exact) mass is 349 g/mol. The van der Waals surface area contributed by atoms with Gasteiger partial charge in [-0.1, -0.05) is 33.8 Å². The number of fused-ring (bicyclic) bond motifs is 1. The smallest absolute Gasteiger partial charge is 0.181 e. The van der Waals surface area contributed by atoms with Crippen LogP contribution in [0.15, 0.2) is 36.5 Å². The number of anilines is 1. The molecule has 0 aromatic carbocycles. The fourth-order valence-corrected chi connectivity index (χ4v) is 4.19. The number of nitrogens with zero attached hydrogens (tertiary/aromatic N) is 4. The molecule has 0 radical (unpaired) electrons. The minimum Gasteiger partial charge on any atom is -0.356 e. The van der Waals surface area contributed by atoms with Gasteiger partial charge in [-0.15, -0.1) is 0 Å². The van der Waals surface area contributed by atoms with E-state index in [1.165, 1.54) is 6.42 Å². The minimum atomic E-state index is 0.306. The van der Waals surface area contributed by atoms with Crippen LogP contribution in [-0.2, 0) is 0 Å². The molecule has 2 unspecified atom stereocenters. The first-order valence-corrected chi connectivity index (χ1v) is 9.45. The number of hydrogen-bond acceptors (Lipinski definition) is 4. The molecule has 1 aliphatic rings. The van der Waals surface area contributed by atoms with Crippen LogP contribution >= 0.6 is 0 Å². The summed E-state index contributed by atoms with van der Waals surface area (Å²) in [5.74, 6) is 2.46. The van der Waals surface area contributed by atoms with Crippen molar-refractivity contribution in [2.45, 2.75) is 34.1 Å². The third-order valence-electron chi connectivity index (χ3n) is 5.71. The lowest BCUT2D eigenvalue weighted by atomic mass is 9.71. The second-order valence-electron chi connectivity index (χ2n) is 8.54. The molecule has 0 bridgehead atoms. The molecule has 4 rings (SSSR count). The summed E-state index contributed by atoms with van der Waals surface area (Å²) >= 11 is 0. The van der Waals surface area contributed by atoms with Crippen molar-refractivity contribution in [3.8, 4) is 11.4 Å². The zero-order valence-corrected chi connectivity index (χ0v) is 16.0. The van der Waals surface area contributed by atoms with Gasteiger partial charge in [0.1, 0.15) is 5.82 Å². The van der Waals surface area contributed by atoms with E-state index in [0.29, 0.717) is 11.3 Å². The average Bonchev–Trinajstić information content (AvgIpc) is 3.05. The Morgan fingerprint density at radius 1 is 1.15 bits per heavy atom. The molecule has 4 heterocycles. The van der Waals surface area contributed by atoms with Gasteiger partial charge in [-0.3, -0.25) is 5.10 Å². The molecule has 0 saturated carbocycles. The summed E-state index contributed by atoms with van der Waals surface area (Å²) in [5.41, 5.74) is 2.90. The molecular weight excluding hydrogens is 322 g/mol. The highest BCUT2D eigenvalue weighted by molar-refractivity contribution is 5.89. The third kappa shape index (κ3) is 3.06.